The second kappa shape index (κ2) is 7.35. The number of halogens is 1. The van der Waals surface area contributed by atoms with Gasteiger partial charge in [0.05, 0.1) is 0 Å². The molecule has 0 amide bonds. The highest BCUT2D eigenvalue weighted by Gasteiger charge is 2.28. The minimum atomic E-state index is -0.199. The molecule has 0 radical (unpaired) electrons. The lowest BCUT2D eigenvalue weighted by atomic mass is 10.1. The van der Waals surface area contributed by atoms with Crippen LogP contribution in [0.4, 0.5) is 27.5 Å². The van der Waals surface area contributed by atoms with Crippen LogP contribution < -0.4 is 14.7 Å². The molecule has 6 heteroatoms. The van der Waals surface area contributed by atoms with Crippen molar-refractivity contribution in [2.45, 2.75) is 19.4 Å². The molecule has 3 aromatic rings. The maximum Gasteiger partial charge on any atom is 0.227 e. The van der Waals surface area contributed by atoms with Gasteiger partial charge in [0, 0.05) is 49.8 Å². The molecule has 0 saturated carbocycles. The van der Waals surface area contributed by atoms with E-state index in [2.05, 4.69) is 50.9 Å². The van der Waals surface area contributed by atoms with E-state index in [1.807, 2.05) is 24.4 Å². The van der Waals surface area contributed by atoms with Gasteiger partial charge in [-0.25, -0.2) is 9.37 Å². The van der Waals surface area contributed by atoms with Crippen LogP contribution in [0.2, 0.25) is 0 Å². The van der Waals surface area contributed by atoms with E-state index >= 15 is 0 Å². The van der Waals surface area contributed by atoms with E-state index in [-0.39, 0.29) is 5.82 Å². The number of aromatic nitrogens is 2. The van der Waals surface area contributed by atoms with Crippen LogP contribution in [-0.2, 0) is 6.42 Å². The second-order valence-corrected chi connectivity index (χ2v) is 7.72. The summed E-state index contributed by atoms with van der Waals surface area (Å²) in [5.41, 5.74) is 3.67. The Morgan fingerprint density at radius 3 is 2.41 bits per heavy atom. The molecule has 148 valence electrons. The van der Waals surface area contributed by atoms with Crippen molar-refractivity contribution < 1.29 is 4.39 Å². The first-order valence-corrected chi connectivity index (χ1v) is 10.1. The van der Waals surface area contributed by atoms with Crippen molar-refractivity contribution >= 4 is 23.1 Å². The highest BCUT2D eigenvalue weighted by molar-refractivity contribution is 5.69. The van der Waals surface area contributed by atoms with Gasteiger partial charge in [0.25, 0.3) is 0 Å². The predicted molar refractivity (Wildman–Crippen MR) is 115 cm³/mol. The SMILES string of the molecule is CC1Cc2ccccc2N1c1ccnc(N2CCN(c3ccc(F)cc3)CC2)n1. The van der Waals surface area contributed by atoms with Crippen molar-refractivity contribution in [2.24, 2.45) is 0 Å². The zero-order valence-electron chi connectivity index (χ0n) is 16.5. The molecule has 0 bridgehead atoms. The Morgan fingerprint density at radius 1 is 0.897 bits per heavy atom. The zero-order chi connectivity index (χ0) is 19.8. The normalized spacial score (nSPS) is 18.8. The summed E-state index contributed by atoms with van der Waals surface area (Å²) in [6.45, 7) is 5.65. The molecule has 0 N–H and O–H groups in total. The van der Waals surface area contributed by atoms with Gasteiger partial charge < -0.3 is 14.7 Å². The Kier molecular flexibility index (Phi) is 4.54. The average molecular weight is 389 g/mol. The van der Waals surface area contributed by atoms with Crippen LogP contribution in [0.1, 0.15) is 12.5 Å². The van der Waals surface area contributed by atoms with Crippen LogP contribution in [0.15, 0.2) is 60.8 Å². The fourth-order valence-electron chi connectivity index (χ4n) is 4.36. The lowest BCUT2D eigenvalue weighted by molar-refractivity contribution is 0.623. The number of anilines is 4. The van der Waals surface area contributed by atoms with E-state index in [9.17, 15) is 4.39 Å². The molecule has 1 unspecified atom stereocenters. The first-order chi connectivity index (χ1) is 14.2. The number of hydrogen-bond acceptors (Lipinski definition) is 5. The third-order valence-corrected chi connectivity index (χ3v) is 5.84. The lowest BCUT2D eigenvalue weighted by Crippen LogP contribution is -2.47. The number of nitrogens with zero attached hydrogens (tertiary/aromatic N) is 5. The quantitative estimate of drug-likeness (QED) is 0.676. The van der Waals surface area contributed by atoms with Crippen LogP contribution in [0.5, 0.6) is 0 Å². The summed E-state index contributed by atoms with van der Waals surface area (Å²) < 4.78 is 13.2. The number of fused-ring (bicyclic) bond motifs is 1. The van der Waals surface area contributed by atoms with E-state index in [1.54, 1.807) is 0 Å². The van der Waals surface area contributed by atoms with E-state index < -0.39 is 0 Å². The lowest BCUT2D eigenvalue weighted by Gasteiger charge is -2.36. The third kappa shape index (κ3) is 3.39. The fraction of sp³-hybridized carbons (Fsp3) is 0.304. The molecule has 1 aromatic heterocycles. The van der Waals surface area contributed by atoms with Gasteiger partial charge in [-0.3, -0.25) is 0 Å². The zero-order valence-corrected chi connectivity index (χ0v) is 16.5. The fourth-order valence-corrected chi connectivity index (χ4v) is 4.36. The molecular formula is C23H24FN5. The molecule has 2 aliphatic heterocycles. The van der Waals surface area contributed by atoms with E-state index in [1.165, 1.54) is 23.4 Å². The largest absolute Gasteiger partial charge is 0.368 e. The molecule has 1 fully saturated rings. The van der Waals surface area contributed by atoms with E-state index in [0.29, 0.717) is 6.04 Å². The molecule has 3 heterocycles. The molecule has 2 aromatic carbocycles. The number of rotatable bonds is 3. The monoisotopic (exact) mass is 389 g/mol. The number of piperazine rings is 1. The maximum absolute atomic E-state index is 13.2. The van der Waals surface area contributed by atoms with Crippen LogP contribution >= 0.6 is 0 Å². The average Bonchev–Trinajstić information content (AvgIpc) is 3.10. The van der Waals surface area contributed by atoms with Crippen molar-refractivity contribution in [3.8, 4) is 0 Å². The summed E-state index contributed by atoms with van der Waals surface area (Å²) in [5, 5.41) is 0. The Bertz CT molecular complexity index is 998. The van der Waals surface area contributed by atoms with Crippen molar-refractivity contribution in [3.63, 3.8) is 0 Å². The highest BCUT2D eigenvalue weighted by atomic mass is 19.1. The summed E-state index contributed by atoms with van der Waals surface area (Å²) in [6, 6.07) is 17.6. The Morgan fingerprint density at radius 2 is 1.62 bits per heavy atom. The summed E-state index contributed by atoms with van der Waals surface area (Å²) >= 11 is 0. The summed E-state index contributed by atoms with van der Waals surface area (Å²) in [7, 11) is 0. The van der Waals surface area contributed by atoms with E-state index in [4.69, 9.17) is 4.98 Å². The van der Waals surface area contributed by atoms with Gasteiger partial charge >= 0.3 is 0 Å². The van der Waals surface area contributed by atoms with Gasteiger partial charge in [-0.05, 0) is 55.3 Å². The molecule has 5 rings (SSSR count). The van der Waals surface area contributed by atoms with Crippen LogP contribution in [0, 0.1) is 5.82 Å². The van der Waals surface area contributed by atoms with Crippen molar-refractivity contribution in [1.82, 2.24) is 9.97 Å². The molecule has 1 atom stereocenters. The summed E-state index contributed by atoms with van der Waals surface area (Å²) in [6.07, 6.45) is 2.89. The topological polar surface area (TPSA) is 35.5 Å². The standard InChI is InChI=1S/C23H24FN5/c1-17-16-18-4-2-3-5-21(18)29(17)22-10-11-25-23(26-22)28-14-12-27(13-15-28)20-8-6-19(24)7-9-20/h2-11,17H,12-16H2,1H3. The van der Waals surface area contributed by atoms with Crippen molar-refractivity contribution in [2.75, 3.05) is 40.9 Å². The van der Waals surface area contributed by atoms with Crippen LogP contribution in [-0.4, -0.2) is 42.2 Å². The highest BCUT2D eigenvalue weighted by Crippen LogP contribution is 2.37. The second-order valence-electron chi connectivity index (χ2n) is 7.72. The summed E-state index contributed by atoms with van der Waals surface area (Å²) in [5.74, 6) is 1.53. The van der Waals surface area contributed by atoms with Crippen LogP contribution in [0.3, 0.4) is 0 Å². The predicted octanol–water partition coefficient (Wildman–Crippen LogP) is 4.03. The van der Waals surface area contributed by atoms with Gasteiger partial charge in [0.15, 0.2) is 0 Å². The maximum atomic E-state index is 13.2. The molecule has 2 aliphatic rings. The first-order valence-electron chi connectivity index (χ1n) is 10.1. The Balaban J connectivity index is 1.33. The van der Waals surface area contributed by atoms with Gasteiger partial charge in [0.1, 0.15) is 11.6 Å². The number of benzene rings is 2. The van der Waals surface area contributed by atoms with Gasteiger partial charge in [-0.1, -0.05) is 18.2 Å². The summed E-state index contributed by atoms with van der Waals surface area (Å²) in [4.78, 5) is 16.3. The molecule has 1 saturated heterocycles. The Labute approximate surface area is 170 Å². The molecule has 5 nitrogen and oxygen atoms in total. The number of hydrogen-bond donors (Lipinski definition) is 0. The van der Waals surface area contributed by atoms with Crippen LogP contribution in [0.25, 0.3) is 0 Å². The van der Waals surface area contributed by atoms with Gasteiger partial charge in [-0.2, -0.15) is 4.98 Å². The molecule has 29 heavy (non-hydrogen) atoms. The van der Waals surface area contributed by atoms with Gasteiger partial charge in [0.2, 0.25) is 5.95 Å². The smallest absolute Gasteiger partial charge is 0.227 e. The minimum absolute atomic E-state index is 0.199. The van der Waals surface area contributed by atoms with Gasteiger partial charge in [-0.15, -0.1) is 0 Å². The molecule has 0 spiro atoms. The Hall–Kier alpha value is -3.15. The van der Waals surface area contributed by atoms with Crippen molar-refractivity contribution in [3.05, 3.63) is 72.2 Å². The molecular weight excluding hydrogens is 365 g/mol. The minimum Gasteiger partial charge on any atom is -0.368 e. The molecule has 0 aliphatic carbocycles. The number of para-hydroxylation sites is 1. The third-order valence-electron chi connectivity index (χ3n) is 5.84. The van der Waals surface area contributed by atoms with E-state index in [0.717, 1.165) is 50.1 Å². The van der Waals surface area contributed by atoms with Crippen molar-refractivity contribution in [1.29, 1.82) is 0 Å². The first kappa shape index (κ1) is 17.9.